The van der Waals surface area contributed by atoms with E-state index >= 15 is 0 Å². The quantitative estimate of drug-likeness (QED) is 0.202. The summed E-state index contributed by atoms with van der Waals surface area (Å²) in [6, 6.07) is 40.3. The van der Waals surface area contributed by atoms with Gasteiger partial charge in [0, 0.05) is 52.1 Å². The Labute approximate surface area is 251 Å². The van der Waals surface area contributed by atoms with Crippen molar-refractivity contribution >= 4 is 45.6 Å². The molecule has 0 bridgehead atoms. The molecule has 0 atom stereocenters. The highest BCUT2D eigenvalue weighted by Crippen LogP contribution is 2.49. The number of pyridine rings is 2. The van der Waals surface area contributed by atoms with E-state index < -0.39 is 0 Å². The second-order valence-corrected chi connectivity index (χ2v) is 10.2. The zero-order valence-electron chi connectivity index (χ0n) is 24.3. The smallest absolute Gasteiger partial charge is 0.138 e. The Hall–Kier alpha value is -5.55. The number of fused-ring (bicyclic) bond motifs is 7. The minimum atomic E-state index is 0.723. The van der Waals surface area contributed by atoms with Crippen molar-refractivity contribution in [2.24, 2.45) is 4.99 Å². The van der Waals surface area contributed by atoms with E-state index in [1.54, 1.807) is 0 Å². The van der Waals surface area contributed by atoms with Crippen LogP contribution in [0.25, 0.3) is 50.0 Å². The molecule has 0 unspecified atom stereocenters. The number of rotatable bonds is 4. The van der Waals surface area contributed by atoms with Gasteiger partial charge in [-0.15, -0.1) is 0 Å². The van der Waals surface area contributed by atoms with Gasteiger partial charge < -0.3 is 4.90 Å². The molecule has 7 aromatic rings. The summed E-state index contributed by atoms with van der Waals surface area (Å²) in [4.78, 5) is 16.1. The first-order chi connectivity index (χ1) is 21.3. The molecule has 0 saturated carbocycles. The Balaban J connectivity index is 0.00000147. The van der Waals surface area contributed by atoms with Crippen LogP contribution in [0.1, 0.15) is 19.4 Å². The van der Waals surface area contributed by atoms with Gasteiger partial charge in [-0.1, -0.05) is 80.6 Å². The summed E-state index contributed by atoms with van der Waals surface area (Å²) >= 11 is 0. The average molecular weight is 558 g/mol. The molecule has 8 rings (SSSR count). The van der Waals surface area contributed by atoms with E-state index in [2.05, 4.69) is 117 Å². The van der Waals surface area contributed by atoms with Gasteiger partial charge in [0.25, 0.3) is 0 Å². The Morgan fingerprint density at radius 2 is 1.44 bits per heavy atom. The van der Waals surface area contributed by atoms with Gasteiger partial charge in [0.1, 0.15) is 5.82 Å². The van der Waals surface area contributed by atoms with E-state index in [-0.39, 0.29) is 0 Å². The first-order valence-electron chi connectivity index (χ1n) is 14.7. The summed E-state index contributed by atoms with van der Waals surface area (Å²) in [6.07, 6.45) is 3.62. The van der Waals surface area contributed by atoms with E-state index in [0.717, 1.165) is 46.2 Å². The lowest BCUT2D eigenvalue weighted by Crippen LogP contribution is -2.22. The zero-order chi connectivity index (χ0) is 29.3. The van der Waals surface area contributed by atoms with Gasteiger partial charge in [0.2, 0.25) is 0 Å². The predicted molar refractivity (Wildman–Crippen MR) is 180 cm³/mol. The Morgan fingerprint density at radius 1 is 0.698 bits per heavy atom. The molecular weight excluding hydrogens is 526 g/mol. The molecule has 0 spiro atoms. The van der Waals surface area contributed by atoms with E-state index in [4.69, 9.17) is 4.98 Å². The largest absolute Gasteiger partial charge is 0.335 e. The Kier molecular flexibility index (Phi) is 6.76. The predicted octanol–water partition coefficient (Wildman–Crippen LogP) is 9.92. The normalized spacial score (nSPS) is 11.9. The monoisotopic (exact) mass is 557 g/mol. The van der Waals surface area contributed by atoms with Crippen LogP contribution in [0.2, 0.25) is 0 Å². The number of hydrogen-bond acceptors (Lipinski definition) is 4. The standard InChI is InChI=1S/C36H25N5.C2H6/c1-37-30-11-4-7-15-33(30)40-23-25-17-18-27-26-9-2-6-14-32(26)41(36(27)35(25)28-10-3-5-13-31(28)40)34-16-8-12-29(39-34)24-19-21-38-22-20-24;1-2/h2-22H,1,23H2;1-2H3. The molecule has 0 saturated heterocycles. The van der Waals surface area contributed by atoms with Gasteiger partial charge in [-0.25, -0.2) is 4.98 Å². The van der Waals surface area contributed by atoms with Crippen molar-refractivity contribution in [1.82, 2.24) is 14.5 Å². The van der Waals surface area contributed by atoms with Crippen LogP contribution in [0.5, 0.6) is 0 Å². The number of anilines is 2. The number of hydrogen-bond donors (Lipinski definition) is 0. The van der Waals surface area contributed by atoms with Gasteiger partial charge in [0.15, 0.2) is 0 Å². The third-order valence-corrected chi connectivity index (χ3v) is 8.00. The van der Waals surface area contributed by atoms with Crippen LogP contribution >= 0.6 is 0 Å². The van der Waals surface area contributed by atoms with Crippen molar-refractivity contribution in [3.8, 4) is 28.2 Å². The van der Waals surface area contributed by atoms with Crippen LogP contribution in [-0.2, 0) is 6.54 Å². The van der Waals surface area contributed by atoms with Gasteiger partial charge in [-0.05, 0) is 60.8 Å². The second kappa shape index (κ2) is 11.0. The molecule has 5 nitrogen and oxygen atoms in total. The van der Waals surface area contributed by atoms with E-state index in [9.17, 15) is 0 Å². The number of aliphatic imine (C=N–C) groups is 1. The number of benzene rings is 4. The molecule has 208 valence electrons. The molecule has 4 heterocycles. The van der Waals surface area contributed by atoms with Crippen molar-refractivity contribution in [2.75, 3.05) is 4.90 Å². The summed E-state index contributed by atoms with van der Waals surface area (Å²) in [5, 5.41) is 2.43. The van der Waals surface area contributed by atoms with Crippen molar-refractivity contribution in [2.45, 2.75) is 20.4 Å². The fourth-order valence-electron chi connectivity index (χ4n) is 6.22. The van der Waals surface area contributed by atoms with Gasteiger partial charge in [-0.2, -0.15) is 0 Å². The third-order valence-electron chi connectivity index (χ3n) is 8.00. The van der Waals surface area contributed by atoms with Gasteiger partial charge in [-0.3, -0.25) is 14.5 Å². The molecular formula is C38H31N5. The maximum atomic E-state index is 5.18. The summed E-state index contributed by atoms with van der Waals surface area (Å²) in [6.45, 7) is 8.56. The van der Waals surface area contributed by atoms with Crippen molar-refractivity contribution < 1.29 is 0 Å². The van der Waals surface area contributed by atoms with Gasteiger partial charge >= 0.3 is 0 Å². The summed E-state index contributed by atoms with van der Waals surface area (Å²) in [5.74, 6) is 0.889. The molecule has 0 aliphatic carbocycles. The van der Waals surface area contributed by atoms with Crippen LogP contribution in [0.4, 0.5) is 17.1 Å². The van der Waals surface area contributed by atoms with E-state index in [0.29, 0.717) is 0 Å². The van der Waals surface area contributed by atoms with Crippen LogP contribution in [0.3, 0.4) is 0 Å². The maximum Gasteiger partial charge on any atom is 0.138 e. The molecule has 1 aliphatic rings. The molecule has 43 heavy (non-hydrogen) atoms. The van der Waals surface area contributed by atoms with Crippen LogP contribution in [0, 0.1) is 0 Å². The first-order valence-corrected chi connectivity index (χ1v) is 14.7. The van der Waals surface area contributed by atoms with Crippen LogP contribution in [0.15, 0.2) is 133 Å². The van der Waals surface area contributed by atoms with E-state index in [1.165, 1.54) is 33.0 Å². The molecule has 4 aromatic carbocycles. The minimum Gasteiger partial charge on any atom is -0.335 e. The molecule has 5 heteroatoms. The van der Waals surface area contributed by atoms with Crippen molar-refractivity contribution in [3.63, 3.8) is 0 Å². The lowest BCUT2D eigenvalue weighted by atomic mass is 9.90. The molecule has 0 amide bonds. The fraction of sp³-hybridized carbons (Fsp3) is 0.0789. The fourth-order valence-corrected chi connectivity index (χ4v) is 6.22. The minimum absolute atomic E-state index is 0.723. The molecule has 0 fully saturated rings. The Morgan fingerprint density at radius 3 is 2.28 bits per heavy atom. The first kappa shape index (κ1) is 26.4. The lowest BCUT2D eigenvalue weighted by Gasteiger charge is -2.34. The summed E-state index contributed by atoms with van der Waals surface area (Å²) < 4.78 is 2.33. The lowest BCUT2D eigenvalue weighted by molar-refractivity contribution is 0.960. The van der Waals surface area contributed by atoms with Crippen molar-refractivity contribution in [3.05, 3.63) is 133 Å². The molecule has 1 aliphatic heterocycles. The number of aromatic nitrogens is 3. The molecule has 0 radical (unpaired) electrons. The van der Waals surface area contributed by atoms with Gasteiger partial charge in [0.05, 0.1) is 28.1 Å². The second-order valence-electron chi connectivity index (χ2n) is 10.2. The number of para-hydroxylation sites is 4. The summed E-state index contributed by atoms with van der Waals surface area (Å²) in [5.41, 5.74) is 11.0. The highest BCUT2D eigenvalue weighted by molar-refractivity contribution is 6.15. The summed E-state index contributed by atoms with van der Waals surface area (Å²) in [7, 11) is 0. The zero-order valence-corrected chi connectivity index (χ0v) is 24.3. The average Bonchev–Trinajstić information content (AvgIpc) is 3.43. The molecule has 0 N–H and O–H groups in total. The third kappa shape index (κ3) is 4.29. The Bertz CT molecular complexity index is 2110. The van der Waals surface area contributed by atoms with Crippen LogP contribution in [-0.4, -0.2) is 21.3 Å². The SMILES string of the molecule is C=Nc1ccccc1N1Cc2ccc3c4ccccc4n(-c4cccc(-c5ccncc5)n4)c3c2-c2ccccc21.CC. The highest BCUT2D eigenvalue weighted by Gasteiger charge is 2.28. The topological polar surface area (TPSA) is 46.3 Å². The number of nitrogens with zero attached hydrogens (tertiary/aromatic N) is 5. The molecule has 3 aromatic heterocycles. The van der Waals surface area contributed by atoms with E-state index in [1.807, 2.05) is 50.5 Å². The van der Waals surface area contributed by atoms with Crippen molar-refractivity contribution in [1.29, 1.82) is 0 Å². The highest BCUT2D eigenvalue weighted by atomic mass is 15.2. The maximum absolute atomic E-state index is 5.18. The van der Waals surface area contributed by atoms with Crippen LogP contribution < -0.4 is 4.90 Å².